The van der Waals surface area contributed by atoms with E-state index < -0.39 is 0 Å². The first-order chi connectivity index (χ1) is 36.2. The van der Waals surface area contributed by atoms with Gasteiger partial charge in [-0.1, -0.05) is 119 Å². The number of aryl methyl sites for hydroxylation is 2. The average Bonchev–Trinajstić information content (AvgIpc) is 4.20. The Balaban J connectivity index is 0.000000126. The monoisotopic (exact) mass is 1360 g/mol. The Morgan fingerprint density at radius 3 is 1.25 bits per heavy atom. The van der Waals surface area contributed by atoms with Crippen LogP contribution in [0, 0.1) is 39.3 Å². The Labute approximate surface area is 469 Å². The molecule has 76 heavy (non-hydrogen) atoms. The molecule has 0 saturated carbocycles. The minimum Gasteiger partial charge on any atom is -0.502 e. The summed E-state index contributed by atoms with van der Waals surface area (Å²) in [7, 11) is 4.03. The number of furan rings is 2. The van der Waals surface area contributed by atoms with Crippen LogP contribution in [0.3, 0.4) is 0 Å². The summed E-state index contributed by atoms with van der Waals surface area (Å²) < 4.78 is 11.9. The van der Waals surface area contributed by atoms with E-state index >= 15 is 0 Å². The van der Waals surface area contributed by atoms with Gasteiger partial charge in [0.1, 0.15) is 22.8 Å². The van der Waals surface area contributed by atoms with E-state index in [0.29, 0.717) is 0 Å². The standard InChI is InChI=1S/2C19H13N3O.2C12H11NO.2Pt/c2*1-21-12-22(19-16(21)6-4-10-20-19)13-8-9-15-14-5-2-3-7-17(14)23-18(15)11-13;2*1-9-7-8-11(12(14)13-9)10-5-3-2-4-6-10;;/h2*2-7,9-12H,1H3;2*2-8H,1H3,(H,13,14);;/q2*-2;;;2*+2. The molecule has 2 aliphatic heterocycles. The van der Waals surface area contributed by atoms with E-state index in [1.807, 2.05) is 209 Å². The van der Waals surface area contributed by atoms with Crippen LogP contribution in [-0.2, 0) is 42.1 Å². The van der Waals surface area contributed by atoms with Crippen molar-refractivity contribution in [3.63, 3.8) is 0 Å². The fraction of sp³-hybridized carbons (Fsp3) is 0.0645. The molecule has 0 saturated heterocycles. The zero-order chi connectivity index (χ0) is 50.7. The van der Waals surface area contributed by atoms with Crippen molar-refractivity contribution in [3.8, 4) is 34.0 Å². The summed E-state index contributed by atoms with van der Waals surface area (Å²) in [6.45, 7) is 7.74. The first kappa shape index (κ1) is 52.6. The minimum absolute atomic E-state index is 0. The number of aromatic nitrogens is 4. The van der Waals surface area contributed by atoms with Crippen LogP contribution in [0.1, 0.15) is 11.4 Å². The van der Waals surface area contributed by atoms with Crippen molar-refractivity contribution in [3.05, 3.63) is 231 Å². The molecule has 2 N–H and O–H groups in total. The molecular formula is C62H48N8O4Pt2. The Hall–Kier alpha value is -8.30. The van der Waals surface area contributed by atoms with Crippen LogP contribution >= 0.6 is 0 Å². The van der Waals surface area contributed by atoms with Crippen LogP contribution in [0.5, 0.6) is 11.8 Å². The van der Waals surface area contributed by atoms with Gasteiger partial charge in [0.25, 0.3) is 0 Å². The number of rotatable bonds is 4. The van der Waals surface area contributed by atoms with Crippen molar-refractivity contribution < 1.29 is 61.2 Å². The smallest absolute Gasteiger partial charge is 0.502 e. The predicted molar refractivity (Wildman–Crippen MR) is 295 cm³/mol. The van der Waals surface area contributed by atoms with Gasteiger partial charge < -0.3 is 38.6 Å². The molecule has 0 unspecified atom stereocenters. The average molecular weight is 1360 g/mol. The van der Waals surface area contributed by atoms with E-state index in [-0.39, 0.29) is 53.9 Å². The number of hydrogen-bond acceptors (Lipinski definition) is 12. The van der Waals surface area contributed by atoms with Gasteiger partial charge in [0, 0.05) is 57.4 Å². The molecule has 14 rings (SSSR count). The van der Waals surface area contributed by atoms with Gasteiger partial charge >= 0.3 is 42.1 Å². The predicted octanol–water partition coefficient (Wildman–Crippen LogP) is 14.5. The van der Waals surface area contributed by atoms with Crippen molar-refractivity contribution in [2.45, 2.75) is 13.8 Å². The molecule has 0 spiro atoms. The Kier molecular flexibility index (Phi) is 16.0. The van der Waals surface area contributed by atoms with Crippen LogP contribution < -0.4 is 19.6 Å². The zero-order valence-electron chi connectivity index (χ0n) is 41.6. The number of pyridine rings is 4. The molecule has 0 atom stereocenters. The molecule has 0 bridgehead atoms. The van der Waals surface area contributed by atoms with Gasteiger partial charge in [-0.25, -0.2) is 19.9 Å². The quantitative estimate of drug-likeness (QED) is 0.163. The van der Waals surface area contributed by atoms with Crippen LogP contribution in [0.2, 0.25) is 0 Å². The van der Waals surface area contributed by atoms with Gasteiger partial charge in [0.05, 0.1) is 0 Å². The fourth-order valence-corrected chi connectivity index (χ4v) is 8.99. The van der Waals surface area contributed by atoms with Crippen LogP contribution in [0.4, 0.5) is 34.4 Å². The summed E-state index contributed by atoms with van der Waals surface area (Å²) in [6, 6.07) is 65.9. The number of fused-ring (bicyclic) bond motifs is 8. The molecule has 380 valence electrons. The van der Waals surface area contributed by atoms with Crippen LogP contribution in [-0.4, -0.2) is 44.2 Å². The van der Waals surface area contributed by atoms with E-state index in [1.165, 1.54) is 0 Å². The molecule has 0 fully saturated rings. The number of benzene rings is 6. The number of nitrogens with zero attached hydrogens (tertiary/aromatic N) is 8. The first-order valence-corrected chi connectivity index (χ1v) is 23.9. The third kappa shape index (κ3) is 10.8. The molecule has 6 aromatic carbocycles. The molecule has 8 heterocycles. The van der Waals surface area contributed by atoms with E-state index in [4.69, 9.17) is 8.83 Å². The second kappa shape index (κ2) is 23.1. The molecule has 0 radical (unpaired) electrons. The summed E-state index contributed by atoms with van der Waals surface area (Å²) in [5.41, 5.74) is 12.7. The Bertz CT molecular complexity index is 3690. The Morgan fingerprint density at radius 2 is 0.842 bits per heavy atom. The number of aromatic hydroxyl groups is 2. The van der Waals surface area contributed by atoms with Gasteiger partial charge in [-0.3, -0.25) is 0 Å². The van der Waals surface area contributed by atoms with E-state index in [9.17, 15) is 10.2 Å². The summed E-state index contributed by atoms with van der Waals surface area (Å²) in [6.07, 6.45) is 3.61. The van der Waals surface area contributed by atoms with Crippen molar-refractivity contribution in [2.24, 2.45) is 0 Å². The molecule has 12 aromatic rings. The second-order valence-electron chi connectivity index (χ2n) is 17.7. The zero-order valence-corrected chi connectivity index (χ0v) is 46.1. The van der Waals surface area contributed by atoms with Crippen molar-refractivity contribution in [2.75, 3.05) is 33.7 Å². The molecule has 14 heteroatoms. The third-order valence-corrected chi connectivity index (χ3v) is 12.6. The van der Waals surface area contributed by atoms with Gasteiger partial charge in [-0.15, -0.1) is 12.1 Å². The largest absolute Gasteiger partial charge is 2.00 e. The molecular weight excluding hydrogens is 1310 g/mol. The maximum atomic E-state index is 9.63. The topological polar surface area (TPSA) is 131 Å². The maximum Gasteiger partial charge on any atom is 2.00 e. The minimum atomic E-state index is 0. The van der Waals surface area contributed by atoms with Gasteiger partial charge in [-0.05, 0) is 111 Å². The first-order valence-electron chi connectivity index (χ1n) is 23.9. The third-order valence-electron chi connectivity index (χ3n) is 12.6. The normalized spacial score (nSPS) is 12.2. The van der Waals surface area contributed by atoms with Crippen molar-refractivity contribution in [1.29, 1.82) is 0 Å². The van der Waals surface area contributed by atoms with Gasteiger partial charge in [-0.2, -0.15) is 37.6 Å². The summed E-state index contributed by atoms with van der Waals surface area (Å²) >= 11 is 0. The summed E-state index contributed by atoms with van der Waals surface area (Å²) in [4.78, 5) is 25.2. The van der Waals surface area contributed by atoms with Gasteiger partial charge in [0.2, 0.25) is 11.8 Å². The van der Waals surface area contributed by atoms with Crippen LogP contribution in [0.25, 0.3) is 66.1 Å². The number of hydrogen-bond donors (Lipinski definition) is 2. The fourth-order valence-electron chi connectivity index (χ4n) is 8.99. The molecule has 0 aliphatic carbocycles. The molecule has 12 nitrogen and oxygen atoms in total. The van der Waals surface area contributed by atoms with Crippen LogP contribution in [0.15, 0.2) is 203 Å². The van der Waals surface area contributed by atoms with Gasteiger partial charge in [0.15, 0.2) is 0 Å². The van der Waals surface area contributed by atoms with Crippen molar-refractivity contribution >= 4 is 78.3 Å². The molecule has 0 amide bonds. The summed E-state index contributed by atoms with van der Waals surface area (Å²) in [5.74, 6) is 2.00. The maximum absolute atomic E-state index is 9.63. The SMILES string of the molecule is CN1[CH-]N(c2[c-]cc3c(c2)oc2ccccc23)c2ncccc21.CN1[CH-]N(c2[c-]cc3c(c2)oc2ccccc23)c2ncccc21.Cc1ccc(-c2ccccc2)c(O)n1.Cc1ccc(-c2ccccc2)c(O)n1.[Pt+2].[Pt+2]. The molecule has 6 aromatic heterocycles. The number of para-hydroxylation sites is 2. The van der Waals surface area contributed by atoms with E-state index in [2.05, 4.69) is 66.1 Å². The Morgan fingerprint density at radius 1 is 0.447 bits per heavy atom. The second-order valence-corrected chi connectivity index (χ2v) is 17.7. The van der Waals surface area contributed by atoms with E-state index in [1.54, 1.807) is 12.4 Å². The summed E-state index contributed by atoms with van der Waals surface area (Å²) in [5, 5.41) is 23.7. The van der Waals surface area contributed by atoms with E-state index in [0.717, 1.165) is 112 Å². The van der Waals surface area contributed by atoms with Crippen molar-refractivity contribution in [1.82, 2.24) is 19.9 Å². The molecule has 2 aliphatic rings. The number of anilines is 6.